The van der Waals surface area contributed by atoms with Crippen LogP contribution in [0, 0.1) is 0 Å². The molecule has 19 heavy (non-hydrogen) atoms. The monoisotopic (exact) mass is 260 g/mol. The molecule has 0 aliphatic heterocycles. The Morgan fingerprint density at radius 2 is 2.26 bits per heavy atom. The van der Waals surface area contributed by atoms with Crippen molar-refractivity contribution in [3.8, 4) is 17.1 Å². The molecule has 0 saturated carbocycles. The Bertz CT molecular complexity index is 563. The summed E-state index contributed by atoms with van der Waals surface area (Å²) in [5.41, 5.74) is 1.73. The van der Waals surface area contributed by atoms with Crippen LogP contribution in [-0.4, -0.2) is 24.7 Å². The van der Waals surface area contributed by atoms with E-state index in [9.17, 15) is 4.79 Å². The summed E-state index contributed by atoms with van der Waals surface area (Å²) in [7, 11) is 1.62. The highest BCUT2D eigenvalue weighted by molar-refractivity contribution is 5.72. The van der Waals surface area contributed by atoms with Gasteiger partial charge in [0.15, 0.2) is 5.76 Å². The Morgan fingerprint density at radius 1 is 1.42 bits per heavy atom. The number of ether oxygens (including phenoxy) is 1. The van der Waals surface area contributed by atoms with Crippen LogP contribution >= 0.6 is 0 Å². The van der Waals surface area contributed by atoms with Crippen LogP contribution in [0.25, 0.3) is 11.3 Å². The molecule has 0 radical (unpaired) electrons. The van der Waals surface area contributed by atoms with Gasteiger partial charge >= 0.3 is 0 Å². The number of rotatable bonds is 5. The maximum absolute atomic E-state index is 10.8. The largest absolute Gasteiger partial charge is 0.497 e. The highest BCUT2D eigenvalue weighted by atomic mass is 16.5. The van der Waals surface area contributed by atoms with Gasteiger partial charge in [0.2, 0.25) is 5.91 Å². The molecule has 1 N–H and O–H groups in total. The van der Waals surface area contributed by atoms with Crippen LogP contribution in [0.5, 0.6) is 5.75 Å². The van der Waals surface area contributed by atoms with Crippen molar-refractivity contribution in [2.24, 2.45) is 0 Å². The van der Waals surface area contributed by atoms with Gasteiger partial charge in [0.05, 0.1) is 12.8 Å². The fraction of sp³-hybridized carbons (Fsp3) is 0.286. The van der Waals surface area contributed by atoms with Crippen LogP contribution in [0.3, 0.4) is 0 Å². The second kappa shape index (κ2) is 6.04. The van der Waals surface area contributed by atoms with E-state index < -0.39 is 0 Å². The normalized spacial score (nSPS) is 10.2. The van der Waals surface area contributed by atoms with E-state index in [1.165, 1.54) is 6.92 Å². The fourth-order valence-corrected chi connectivity index (χ4v) is 1.71. The average Bonchev–Trinajstić information content (AvgIpc) is 2.87. The summed E-state index contributed by atoms with van der Waals surface area (Å²) in [6.07, 6.45) is 0.646. The van der Waals surface area contributed by atoms with Gasteiger partial charge in [-0.3, -0.25) is 4.79 Å². The van der Waals surface area contributed by atoms with Crippen molar-refractivity contribution in [1.82, 2.24) is 10.5 Å². The van der Waals surface area contributed by atoms with E-state index in [1.54, 1.807) is 7.11 Å². The lowest BCUT2D eigenvalue weighted by Crippen LogP contribution is -2.22. The van der Waals surface area contributed by atoms with Crippen LogP contribution in [0.2, 0.25) is 0 Å². The summed E-state index contributed by atoms with van der Waals surface area (Å²) in [6, 6.07) is 9.46. The predicted octanol–water partition coefficient (Wildman–Crippen LogP) is 2.03. The highest BCUT2D eigenvalue weighted by Crippen LogP contribution is 2.24. The minimum atomic E-state index is -0.0449. The van der Waals surface area contributed by atoms with Gasteiger partial charge in [-0.05, 0) is 12.1 Å². The minimum Gasteiger partial charge on any atom is -0.497 e. The Kier molecular flexibility index (Phi) is 4.18. The number of aromatic nitrogens is 1. The van der Waals surface area contributed by atoms with Crippen molar-refractivity contribution < 1.29 is 14.1 Å². The predicted molar refractivity (Wildman–Crippen MR) is 70.9 cm³/mol. The summed E-state index contributed by atoms with van der Waals surface area (Å²) in [5.74, 6) is 1.42. The molecule has 0 unspecified atom stereocenters. The van der Waals surface area contributed by atoms with E-state index in [2.05, 4.69) is 10.5 Å². The summed E-state index contributed by atoms with van der Waals surface area (Å²) in [4.78, 5) is 10.8. The lowest BCUT2D eigenvalue weighted by atomic mass is 10.1. The van der Waals surface area contributed by atoms with Crippen molar-refractivity contribution >= 4 is 5.91 Å². The third-order valence-electron chi connectivity index (χ3n) is 2.67. The van der Waals surface area contributed by atoms with Gasteiger partial charge in [0.25, 0.3) is 0 Å². The molecule has 0 saturated heterocycles. The van der Waals surface area contributed by atoms with E-state index in [4.69, 9.17) is 9.26 Å². The Balaban J connectivity index is 2.05. The number of hydrogen-bond donors (Lipinski definition) is 1. The molecule has 0 atom stereocenters. The smallest absolute Gasteiger partial charge is 0.216 e. The van der Waals surface area contributed by atoms with Gasteiger partial charge in [-0.1, -0.05) is 17.3 Å². The molecule has 0 fully saturated rings. The Morgan fingerprint density at radius 3 is 3.00 bits per heavy atom. The Hall–Kier alpha value is -2.30. The van der Waals surface area contributed by atoms with Crippen molar-refractivity contribution in [3.05, 3.63) is 36.0 Å². The molecule has 1 heterocycles. The first-order chi connectivity index (χ1) is 9.19. The molecule has 2 rings (SSSR count). The van der Waals surface area contributed by atoms with Gasteiger partial charge in [-0.2, -0.15) is 0 Å². The molecule has 5 heteroatoms. The van der Waals surface area contributed by atoms with Gasteiger partial charge in [0.1, 0.15) is 5.75 Å². The van der Waals surface area contributed by atoms with E-state index in [1.807, 2.05) is 30.3 Å². The maximum atomic E-state index is 10.8. The summed E-state index contributed by atoms with van der Waals surface area (Å²) in [5, 5.41) is 6.70. The number of carbonyl (C=O) groups is 1. The zero-order valence-corrected chi connectivity index (χ0v) is 11.0. The third kappa shape index (κ3) is 3.58. The number of benzene rings is 1. The number of nitrogens with one attached hydrogen (secondary N) is 1. The number of methoxy groups -OCH3 is 1. The molecule has 0 aliphatic carbocycles. The van der Waals surface area contributed by atoms with Crippen LogP contribution in [-0.2, 0) is 11.2 Å². The first-order valence-electron chi connectivity index (χ1n) is 6.03. The Labute approximate surface area is 111 Å². The van der Waals surface area contributed by atoms with Crippen molar-refractivity contribution in [2.45, 2.75) is 13.3 Å². The maximum Gasteiger partial charge on any atom is 0.216 e. The first-order valence-corrected chi connectivity index (χ1v) is 6.03. The second-order valence-electron chi connectivity index (χ2n) is 4.15. The van der Waals surface area contributed by atoms with Gasteiger partial charge in [0, 0.05) is 31.5 Å². The molecular weight excluding hydrogens is 244 g/mol. The standard InChI is InChI=1S/C14H16N2O3/c1-10(17)15-7-6-12-9-14(19-16-12)11-4-3-5-13(8-11)18-2/h3-5,8-9H,6-7H2,1-2H3,(H,15,17). The molecule has 100 valence electrons. The zero-order valence-electron chi connectivity index (χ0n) is 11.0. The lowest BCUT2D eigenvalue weighted by molar-refractivity contribution is -0.118. The van der Waals surface area contributed by atoms with E-state index in [-0.39, 0.29) is 5.91 Å². The first kappa shape index (κ1) is 13.1. The molecule has 0 spiro atoms. The topological polar surface area (TPSA) is 64.4 Å². The molecule has 1 aromatic carbocycles. The highest BCUT2D eigenvalue weighted by Gasteiger charge is 2.07. The van der Waals surface area contributed by atoms with Crippen LogP contribution in [0.1, 0.15) is 12.6 Å². The minimum absolute atomic E-state index is 0.0449. The number of hydrogen-bond acceptors (Lipinski definition) is 4. The van der Waals surface area contributed by atoms with Crippen LogP contribution < -0.4 is 10.1 Å². The van der Waals surface area contributed by atoms with Gasteiger partial charge in [-0.25, -0.2) is 0 Å². The quantitative estimate of drug-likeness (QED) is 0.893. The van der Waals surface area contributed by atoms with Gasteiger partial charge in [-0.15, -0.1) is 0 Å². The zero-order chi connectivity index (χ0) is 13.7. The summed E-state index contributed by atoms with van der Waals surface area (Å²) >= 11 is 0. The number of carbonyl (C=O) groups excluding carboxylic acids is 1. The lowest BCUT2D eigenvalue weighted by Gasteiger charge is -2.00. The molecular formula is C14H16N2O3. The van der Waals surface area contributed by atoms with Crippen molar-refractivity contribution in [1.29, 1.82) is 0 Å². The second-order valence-corrected chi connectivity index (χ2v) is 4.15. The molecule has 1 amide bonds. The van der Waals surface area contributed by atoms with E-state index in [0.29, 0.717) is 18.7 Å². The fourth-order valence-electron chi connectivity index (χ4n) is 1.71. The van der Waals surface area contributed by atoms with Crippen molar-refractivity contribution in [3.63, 3.8) is 0 Å². The van der Waals surface area contributed by atoms with E-state index in [0.717, 1.165) is 17.0 Å². The average molecular weight is 260 g/mol. The molecule has 1 aromatic heterocycles. The van der Waals surface area contributed by atoms with E-state index >= 15 is 0 Å². The molecule has 2 aromatic rings. The van der Waals surface area contributed by atoms with Crippen molar-refractivity contribution in [2.75, 3.05) is 13.7 Å². The number of amides is 1. The summed E-state index contributed by atoms with van der Waals surface area (Å²) < 4.78 is 10.5. The molecule has 0 aliphatic rings. The van der Waals surface area contributed by atoms with Crippen LogP contribution in [0.4, 0.5) is 0 Å². The van der Waals surface area contributed by atoms with Crippen LogP contribution in [0.15, 0.2) is 34.9 Å². The molecule has 5 nitrogen and oxygen atoms in total. The summed E-state index contributed by atoms with van der Waals surface area (Å²) in [6.45, 7) is 2.05. The third-order valence-corrected chi connectivity index (χ3v) is 2.67. The van der Waals surface area contributed by atoms with Gasteiger partial charge < -0.3 is 14.6 Å². The SMILES string of the molecule is COc1cccc(-c2cc(CCNC(C)=O)no2)c1. The molecule has 0 bridgehead atoms. The number of nitrogens with zero attached hydrogens (tertiary/aromatic N) is 1.